The van der Waals surface area contributed by atoms with Crippen LogP contribution in [0.15, 0.2) is 24.3 Å². The summed E-state index contributed by atoms with van der Waals surface area (Å²) in [5, 5.41) is 9.80. The minimum absolute atomic E-state index is 0.113. The predicted octanol–water partition coefficient (Wildman–Crippen LogP) is 3.00. The lowest BCUT2D eigenvalue weighted by atomic mass is 9.79. The number of rotatable bonds is 4. The van der Waals surface area contributed by atoms with E-state index in [1.54, 1.807) is 6.92 Å². The summed E-state index contributed by atoms with van der Waals surface area (Å²) in [5.74, 6) is 1.16. The molecule has 2 heterocycles. The Balaban J connectivity index is 1.58. The number of carbonyl (C=O) groups excluding carboxylic acids is 1. The zero-order chi connectivity index (χ0) is 19.6. The van der Waals surface area contributed by atoms with Crippen molar-refractivity contribution in [2.75, 3.05) is 32.8 Å². The first-order valence-electron chi connectivity index (χ1n) is 9.52. The van der Waals surface area contributed by atoms with Gasteiger partial charge in [-0.1, -0.05) is 12.1 Å². The topological polar surface area (TPSA) is 43.8 Å². The van der Waals surface area contributed by atoms with Crippen LogP contribution in [0.2, 0.25) is 0 Å². The van der Waals surface area contributed by atoms with E-state index in [1.807, 2.05) is 4.90 Å². The Kier molecular flexibility index (Phi) is 6.11. The van der Waals surface area contributed by atoms with Crippen molar-refractivity contribution in [2.45, 2.75) is 32.5 Å². The summed E-state index contributed by atoms with van der Waals surface area (Å²) < 4.78 is 38.1. The van der Waals surface area contributed by atoms with Crippen molar-refractivity contribution < 1.29 is 23.1 Å². The molecule has 0 aromatic heterocycles. The highest BCUT2D eigenvalue weighted by Crippen LogP contribution is 2.36. The first-order chi connectivity index (χ1) is 12.8. The van der Waals surface area contributed by atoms with E-state index in [0.717, 1.165) is 56.7 Å². The first kappa shape index (κ1) is 20.1. The van der Waals surface area contributed by atoms with Crippen LogP contribution in [0.3, 0.4) is 0 Å². The molecule has 0 radical (unpaired) electrons. The zero-order valence-electron chi connectivity index (χ0n) is 15.6. The fourth-order valence-electron chi connectivity index (χ4n) is 4.54. The SMILES string of the molecule is CC(=O)N1CCC(C2CN(Cc3ccc(C(F)(F)F)cc3)CC2CO)CC1. The third-order valence-corrected chi connectivity index (χ3v) is 6.08. The van der Waals surface area contributed by atoms with Crippen LogP contribution in [0.5, 0.6) is 0 Å². The van der Waals surface area contributed by atoms with Gasteiger partial charge in [0.1, 0.15) is 0 Å². The van der Waals surface area contributed by atoms with E-state index in [1.165, 1.54) is 12.1 Å². The van der Waals surface area contributed by atoms with E-state index in [-0.39, 0.29) is 18.4 Å². The van der Waals surface area contributed by atoms with Gasteiger partial charge in [0, 0.05) is 46.3 Å². The summed E-state index contributed by atoms with van der Waals surface area (Å²) in [6, 6.07) is 5.33. The maximum absolute atomic E-state index is 12.7. The number of amides is 1. The van der Waals surface area contributed by atoms with Gasteiger partial charge in [-0.3, -0.25) is 9.69 Å². The molecule has 2 unspecified atom stereocenters. The van der Waals surface area contributed by atoms with Gasteiger partial charge >= 0.3 is 6.18 Å². The third-order valence-electron chi connectivity index (χ3n) is 6.08. The zero-order valence-corrected chi connectivity index (χ0v) is 15.6. The molecule has 27 heavy (non-hydrogen) atoms. The fraction of sp³-hybridized carbons (Fsp3) is 0.650. The second-order valence-corrected chi connectivity index (χ2v) is 7.84. The molecule has 1 amide bonds. The van der Waals surface area contributed by atoms with E-state index < -0.39 is 11.7 Å². The highest BCUT2D eigenvalue weighted by molar-refractivity contribution is 5.73. The molecule has 2 atom stereocenters. The van der Waals surface area contributed by atoms with Gasteiger partial charge in [0.15, 0.2) is 0 Å². The summed E-state index contributed by atoms with van der Waals surface area (Å²) >= 11 is 0. The average Bonchev–Trinajstić information content (AvgIpc) is 3.04. The monoisotopic (exact) mass is 384 g/mol. The van der Waals surface area contributed by atoms with Gasteiger partial charge in [-0.05, 0) is 48.3 Å². The lowest BCUT2D eigenvalue weighted by Gasteiger charge is -2.36. The second-order valence-electron chi connectivity index (χ2n) is 7.84. The molecule has 0 bridgehead atoms. The van der Waals surface area contributed by atoms with Crippen LogP contribution >= 0.6 is 0 Å². The van der Waals surface area contributed by atoms with Gasteiger partial charge < -0.3 is 10.0 Å². The molecule has 1 aromatic rings. The maximum Gasteiger partial charge on any atom is 0.416 e. The molecule has 1 aromatic carbocycles. The van der Waals surface area contributed by atoms with Gasteiger partial charge in [-0.15, -0.1) is 0 Å². The molecule has 3 rings (SSSR count). The normalized spacial score (nSPS) is 25.1. The first-order valence-corrected chi connectivity index (χ1v) is 9.52. The van der Waals surface area contributed by atoms with E-state index in [9.17, 15) is 23.1 Å². The summed E-state index contributed by atoms with van der Waals surface area (Å²) in [7, 11) is 0. The molecule has 1 N–H and O–H groups in total. The van der Waals surface area contributed by atoms with Crippen LogP contribution in [0.25, 0.3) is 0 Å². The minimum atomic E-state index is -4.31. The Labute approximate surface area is 158 Å². The van der Waals surface area contributed by atoms with E-state index in [2.05, 4.69) is 4.90 Å². The molecule has 4 nitrogen and oxygen atoms in total. The molecule has 150 valence electrons. The fourth-order valence-corrected chi connectivity index (χ4v) is 4.54. The number of aliphatic hydroxyl groups is 1. The van der Waals surface area contributed by atoms with Gasteiger partial charge in [0.25, 0.3) is 0 Å². The van der Waals surface area contributed by atoms with Crippen molar-refractivity contribution in [3.8, 4) is 0 Å². The number of aliphatic hydroxyl groups excluding tert-OH is 1. The highest BCUT2D eigenvalue weighted by Gasteiger charge is 2.39. The lowest BCUT2D eigenvalue weighted by molar-refractivity contribution is -0.137. The molecule has 2 aliphatic heterocycles. The number of likely N-dealkylation sites (tertiary alicyclic amines) is 2. The van der Waals surface area contributed by atoms with Gasteiger partial charge in [0.2, 0.25) is 5.91 Å². The van der Waals surface area contributed by atoms with Crippen LogP contribution in [0.4, 0.5) is 13.2 Å². The van der Waals surface area contributed by atoms with Crippen molar-refractivity contribution in [3.05, 3.63) is 35.4 Å². The van der Waals surface area contributed by atoms with Gasteiger partial charge in [-0.25, -0.2) is 0 Å². The second kappa shape index (κ2) is 8.19. The number of nitrogens with zero attached hydrogens (tertiary/aromatic N) is 2. The highest BCUT2D eigenvalue weighted by atomic mass is 19.4. The van der Waals surface area contributed by atoms with Crippen molar-refractivity contribution in [1.82, 2.24) is 9.80 Å². The van der Waals surface area contributed by atoms with Crippen LogP contribution in [0, 0.1) is 17.8 Å². The number of hydrogen-bond acceptors (Lipinski definition) is 3. The molecular formula is C20H27F3N2O2. The molecule has 2 aliphatic rings. The summed E-state index contributed by atoms with van der Waals surface area (Å²) in [6.07, 6.45) is -2.41. The van der Waals surface area contributed by atoms with E-state index in [0.29, 0.717) is 18.4 Å². The van der Waals surface area contributed by atoms with Crippen LogP contribution < -0.4 is 0 Å². The maximum atomic E-state index is 12.7. The standard InChI is InChI=1S/C20H27F3N2O2/c1-14(27)25-8-6-16(7-9-25)19-12-24(11-17(19)13-26)10-15-2-4-18(5-3-15)20(21,22)23/h2-5,16-17,19,26H,6-13H2,1H3. The number of hydrogen-bond donors (Lipinski definition) is 1. The van der Waals surface area contributed by atoms with Crippen molar-refractivity contribution in [2.24, 2.45) is 17.8 Å². The Morgan fingerprint density at radius 2 is 1.78 bits per heavy atom. The van der Waals surface area contributed by atoms with Crippen LogP contribution in [-0.2, 0) is 17.5 Å². The molecule has 2 fully saturated rings. The number of benzene rings is 1. The van der Waals surface area contributed by atoms with Crippen LogP contribution in [0.1, 0.15) is 30.9 Å². The Morgan fingerprint density at radius 1 is 1.15 bits per heavy atom. The summed E-state index contributed by atoms with van der Waals surface area (Å²) in [4.78, 5) is 15.6. The van der Waals surface area contributed by atoms with Crippen LogP contribution in [-0.4, -0.2) is 53.6 Å². The van der Waals surface area contributed by atoms with Crippen molar-refractivity contribution in [3.63, 3.8) is 0 Å². The molecule has 0 aliphatic carbocycles. The number of carbonyl (C=O) groups is 1. The van der Waals surface area contributed by atoms with E-state index >= 15 is 0 Å². The van der Waals surface area contributed by atoms with Gasteiger partial charge in [-0.2, -0.15) is 13.2 Å². The lowest BCUT2D eigenvalue weighted by Crippen LogP contribution is -2.40. The number of alkyl halides is 3. The molecule has 0 saturated carbocycles. The third kappa shape index (κ3) is 4.82. The quantitative estimate of drug-likeness (QED) is 0.868. The smallest absolute Gasteiger partial charge is 0.396 e. The minimum Gasteiger partial charge on any atom is -0.396 e. The van der Waals surface area contributed by atoms with Gasteiger partial charge in [0.05, 0.1) is 5.56 Å². The Morgan fingerprint density at radius 3 is 2.30 bits per heavy atom. The van der Waals surface area contributed by atoms with Crippen molar-refractivity contribution in [1.29, 1.82) is 0 Å². The Hall–Kier alpha value is -1.60. The molecule has 7 heteroatoms. The molecular weight excluding hydrogens is 357 g/mol. The largest absolute Gasteiger partial charge is 0.416 e. The summed E-state index contributed by atoms with van der Waals surface area (Å²) in [5.41, 5.74) is 0.225. The number of halogens is 3. The molecule has 2 saturated heterocycles. The Bertz CT molecular complexity index is 640. The average molecular weight is 384 g/mol. The number of piperidine rings is 1. The summed E-state index contributed by atoms with van der Waals surface area (Å²) in [6.45, 7) is 5.46. The van der Waals surface area contributed by atoms with Crippen molar-refractivity contribution >= 4 is 5.91 Å². The van der Waals surface area contributed by atoms with E-state index in [4.69, 9.17) is 0 Å². The molecule has 0 spiro atoms. The predicted molar refractivity (Wildman–Crippen MR) is 95.8 cm³/mol.